The van der Waals surface area contributed by atoms with Crippen LogP contribution in [0.5, 0.6) is 0 Å². The summed E-state index contributed by atoms with van der Waals surface area (Å²) < 4.78 is 2.82. The third-order valence-electron chi connectivity index (χ3n) is 2.37. The van der Waals surface area contributed by atoms with Crippen molar-refractivity contribution < 1.29 is 9.90 Å². The smallest absolute Gasteiger partial charge is 0.341 e. The lowest BCUT2D eigenvalue weighted by molar-refractivity contribution is 0.0696. The topological polar surface area (TPSA) is 96.7 Å². The molecule has 0 aliphatic heterocycles. The summed E-state index contributed by atoms with van der Waals surface area (Å²) in [5.41, 5.74) is 0.467. The molecule has 0 saturated heterocycles. The van der Waals surface area contributed by atoms with Crippen LogP contribution >= 0.6 is 0 Å². The third kappa shape index (κ3) is 1.56. The molecule has 0 atom stereocenters. The maximum atomic E-state index is 11.2. The lowest BCUT2D eigenvalue weighted by Gasteiger charge is -2.05. The Morgan fingerprint density at radius 2 is 2.29 bits per heavy atom. The summed E-state index contributed by atoms with van der Waals surface area (Å²) in [4.78, 5) is 15.0. The van der Waals surface area contributed by atoms with Crippen molar-refractivity contribution in [2.24, 2.45) is 7.05 Å². The summed E-state index contributed by atoms with van der Waals surface area (Å²) in [7, 11) is 1.62. The molecule has 0 spiro atoms. The van der Waals surface area contributed by atoms with Crippen LogP contribution in [0.1, 0.15) is 21.9 Å². The first kappa shape index (κ1) is 10.9. The number of carboxylic acids is 1. The molecule has 2 heterocycles. The minimum absolute atomic E-state index is 0.0713. The summed E-state index contributed by atoms with van der Waals surface area (Å²) in [5.74, 6) is -0.636. The number of imidazole rings is 1. The second-order valence-electron chi connectivity index (χ2n) is 3.45. The Morgan fingerprint density at radius 1 is 1.59 bits per heavy atom. The van der Waals surface area contributed by atoms with Gasteiger partial charge in [0, 0.05) is 19.4 Å². The van der Waals surface area contributed by atoms with E-state index in [-0.39, 0.29) is 11.4 Å². The Morgan fingerprint density at radius 3 is 2.88 bits per heavy atom. The quantitative estimate of drug-likeness (QED) is 0.810. The van der Waals surface area contributed by atoms with Crippen LogP contribution in [0.3, 0.4) is 0 Å². The van der Waals surface area contributed by atoms with Crippen LogP contribution in [0, 0.1) is 18.3 Å². The van der Waals surface area contributed by atoms with Crippen LogP contribution < -0.4 is 0 Å². The van der Waals surface area contributed by atoms with Crippen molar-refractivity contribution in [3.05, 3.63) is 29.5 Å². The van der Waals surface area contributed by atoms with E-state index in [0.29, 0.717) is 11.5 Å². The van der Waals surface area contributed by atoms with E-state index in [4.69, 9.17) is 10.4 Å². The monoisotopic (exact) mass is 231 g/mol. The van der Waals surface area contributed by atoms with E-state index in [9.17, 15) is 4.79 Å². The van der Waals surface area contributed by atoms with Crippen molar-refractivity contribution in [2.45, 2.75) is 6.92 Å². The zero-order valence-corrected chi connectivity index (χ0v) is 9.25. The van der Waals surface area contributed by atoms with Gasteiger partial charge in [-0.05, 0) is 6.92 Å². The van der Waals surface area contributed by atoms with Crippen LogP contribution in [0.2, 0.25) is 0 Å². The SMILES string of the molecule is Cc1nn(C)c(-n2ccnc2C#N)c1C(=O)O. The molecule has 7 heteroatoms. The summed E-state index contributed by atoms with van der Waals surface area (Å²) in [6.07, 6.45) is 2.97. The molecule has 2 aromatic rings. The minimum Gasteiger partial charge on any atom is -0.477 e. The summed E-state index contributed by atoms with van der Waals surface area (Å²) in [6, 6.07) is 1.89. The van der Waals surface area contributed by atoms with Crippen molar-refractivity contribution >= 4 is 5.97 Å². The number of hydrogen-bond donors (Lipinski definition) is 1. The van der Waals surface area contributed by atoms with Gasteiger partial charge >= 0.3 is 5.97 Å². The lowest BCUT2D eigenvalue weighted by atomic mass is 10.2. The zero-order chi connectivity index (χ0) is 12.6. The first-order valence-electron chi connectivity index (χ1n) is 4.77. The largest absolute Gasteiger partial charge is 0.477 e. The molecule has 0 amide bonds. The minimum atomic E-state index is -1.08. The van der Waals surface area contributed by atoms with E-state index < -0.39 is 5.97 Å². The van der Waals surface area contributed by atoms with Crippen LogP contribution in [-0.4, -0.2) is 30.4 Å². The molecule has 0 radical (unpaired) electrons. The van der Waals surface area contributed by atoms with E-state index in [1.165, 1.54) is 21.6 Å². The average Bonchev–Trinajstić information content (AvgIpc) is 2.81. The highest BCUT2D eigenvalue weighted by atomic mass is 16.4. The first-order valence-corrected chi connectivity index (χ1v) is 4.77. The standard InChI is InChI=1S/C10H9N5O2/c1-6-8(10(16)17)9(14(2)13-6)15-4-3-12-7(15)5-11/h3-4H,1-2H3,(H,16,17). The predicted molar refractivity (Wildman–Crippen MR) is 56.7 cm³/mol. The van der Waals surface area contributed by atoms with E-state index >= 15 is 0 Å². The summed E-state index contributed by atoms with van der Waals surface area (Å²) >= 11 is 0. The number of aromatic nitrogens is 4. The zero-order valence-electron chi connectivity index (χ0n) is 9.25. The fourth-order valence-corrected chi connectivity index (χ4v) is 1.73. The van der Waals surface area contributed by atoms with Gasteiger partial charge in [-0.1, -0.05) is 0 Å². The average molecular weight is 231 g/mol. The van der Waals surface area contributed by atoms with Crippen molar-refractivity contribution in [1.82, 2.24) is 19.3 Å². The van der Waals surface area contributed by atoms with Gasteiger partial charge in [0.1, 0.15) is 11.6 Å². The molecule has 2 aromatic heterocycles. The van der Waals surface area contributed by atoms with Gasteiger partial charge in [0.15, 0.2) is 5.82 Å². The van der Waals surface area contributed by atoms with Gasteiger partial charge in [-0.2, -0.15) is 10.4 Å². The number of carboxylic acid groups (broad SMARTS) is 1. The summed E-state index contributed by atoms with van der Waals surface area (Å²) in [5, 5.41) is 22.1. The Kier molecular flexibility index (Phi) is 2.40. The molecule has 0 bridgehead atoms. The van der Waals surface area contributed by atoms with Crippen molar-refractivity contribution in [3.8, 4) is 11.9 Å². The van der Waals surface area contributed by atoms with Crippen LogP contribution in [0.15, 0.2) is 12.4 Å². The highest BCUT2D eigenvalue weighted by Crippen LogP contribution is 2.18. The van der Waals surface area contributed by atoms with Gasteiger partial charge in [0.2, 0.25) is 5.82 Å². The number of carbonyl (C=O) groups is 1. The molecule has 17 heavy (non-hydrogen) atoms. The van der Waals surface area contributed by atoms with E-state index in [2.05, 4.69) is 10.1 Å². The van der Waals surface area contributed by atoms with E-state index in [1.54, 1.807) is 14.0 Å². The summed E-state index contributed by atoms with van der Waals surface area (Å²) in [6.45, 7) is 1.61. The van der Waals surface area contributed by atoms with Crippen LogP contribution in [0.25, 0.3) is 5.82 Å². The Balaban J connectivity index is 2.76. The molecule has 86 valence electrons. The Labute approximate surface area is 96.5 Å². The molecular formula is C10H9N5O2. The van der Waals surface area contributed by atoms with Gasteiger partial charge in [0.05, 0.1) is 5.69 Å². The molecule has 0 aliphatic carbocycles. The maximum absolute atomic E-state index is 11.2. The molecule has 0 unspecified atom stereocenters. The van der Waals surface area contributed by atoms with E-state index in [0.717, 1.165) is 0 Å². The van der Waals surface area contributed by atoms with Crippen LogP contribution in [-0.2, 0) is 7.05 Å². The molecule has 0 saturated carbocycles. The lowest BCUT2D eigenvalue weighted by Crippen LogP contribution is -2.09. The van der Waals surface area contributed by atoms with Gasteiger partial charge in [-0.3, -0.25) is 9.25 Å². The number of nitriles is 1. The molecule has 0 aliphatic rings. The Bertz CT molecular complexity index is 632. The number of aromatic carboxylic acids is 1. The normalized spacial score (nSPS) is 10.2. The fourth-order valence-electron chi connectivity index (χ4n) is 1.73. The van der Waals surface area contributed by atoms with Gasteiger partial charge in [-0.15, -0.1) is 0 Å². The number of rotatable bonds is 2. The van der Waals surface area contributed by atoms with E-state index in [1.807, 2.05) is 6.07 Å². The molecule has 0 aromatic carbocycles. The number of hydrogen-bond acceptors (Lipinski definition) is 4. The molecule has 1 N–H and O–H groups in total. The predicted octanol–water partition coefficient (Wildman–Crippen LogP) is 0.484. The highest BCUT2D eigenvalue weighted by molar-refractivity contribution is 5.92. The van der Waals surface area contributed by atoms with Crippen molar-refractivity contribution in [1.29, 1.82) is 5.26 Å². The Hall–Kier alpha value is -2.62. The van der Waals surface area contributed by atoms with Crippen molar-refractivity contribution in [2.75, 3.05) is 0 Å². The van der Waals surface area contributed by atoms with Gasteiger partial charge in [-0.25, -0.2) is 9.78 Å². The highest BCUT2D eigenvalue weighted by Gasteiger charge is 2.22. The molecular weight excluding hydrogens is 222 g/mol. The first-order chi connectivity index (χ1) is 8.06. The maximum Gasteiger partial charge on any atom is 0.341 e. The van der Waals surface area contributed by atoms with Crippen LogP contribution in [0.4, 0.5) is 0 Å². The second kappa shape index (κ2) is 3.75. The number of aryl methyl sites for hydroxylation is 2. The third-order valence-corrected chi connectivity index (χ3v) is 2.37. The van der Waals surface area contributed by atoms with Gasteiger partial charge < -0.3 is 5.11 Å². The van der Waals surface area contributed by atoms with Crippen molar-refractivity contribution in [3.63, 3.8) is 0 Å². The fraction of sp³-hybridized carbons (Fsp3) is 0.200. The molecule has 7 nitrogen and oxygen atoms in total. The second-order valence-corrected chi connectivity index (χ2v) is 3.45. The number of nitrogens with zero attached hydrogens (tertiary/aromatic N) is 5. The molecule has 2 rings (SSSR count). The molecule has 0 fully saturated rings. The van der Waals surface area contributed by atoms with Gasteiger partial charge in [0.25, 0.3) is 0 Å².